The Hall–Kier alpha value is -1.60. The molecule has 152 valence electrons. The van der Waals surface area contributed by atoms with Crippen LogP contribution in [0.2, 0.25) is 0 Å². The molecule has 1 heteroatoms. The Labute approximate surface area is 176 Å². The third kappa shape index (κ3) is 2.76. The molecule has 1 nitrogen and oxygen atoms in total. The molecule has 2 aromatic rings. The lowest BCUT2D eigenvalue weighted by Gasteiger charge is -2.48. The summed E-state index contributed by atoms with van der Waals surface area (Å²) in [6.45, 7) is 6.41. The number of fused-ring (bicyclic) bond motifs is 5. The molecule has 0 bridgehead atoms. The van der Waals surface area contributed by atoms with E-state index in [9.17, 15) is 0 Å². The standard InChI is InChI=1S/C28H35N/c1-17-14-25-18(2)19-12-7-13-29-28(19)16-27(25)24(17)15-26-22-10-5-3-8-20(22)21-9-4-6-11-23(21)26/h3-6,8-11,17-19,24-29H,7,12-16H2,1-2H3. The van der Waals surface area contributed by atoms with Crippen molar-refractivity contribution in [1.29, 1.82) is 0 Å². The van der Waals surface area contributed by atoms with Crippen LogP contribution in [0.15, 0.2) is 48.5 Å². The van der Waals surface area contributed by atoms with E-state index >= 15 is 0 Å². The van der Waals surface area contributed by atoms with Gasteiger partial charge in [-0.25, -0.2) is 0 Å². The van der Waals surface area contributed by atoms with Crippen LogP contribution in [-0.2, 0) is 0 Å². The van der Waals surface area contributed by atoms with Gasteiger partial charge in [-0.15, -0.1) is 0 Å². The quantitative estimate of drug-likeness (QED) is 0.623. The van der Waals surface area contributed by atoms with Crippen LogP contribution in [-0.4, -0.2) is 12.6 Å². The summed E-state index contributed by atoms with van der Waals surface area (Å²) in [6.07, 6.45) is 7.10. The lowest BCUT2D eigenvalue weighted by molar-refractivity contribution is 0.0466. The highest BCUT2D eigenvalue weighted by molar-refractivity contribution is 5.78. The van der Waals surface area contributed by atoms with Gasteiger partial charge in [0.1, 0.15) is 0 Å². The second-order valence-electron chi connectivity index (χ2n) is 10.6. The molecule has 1 N–H and O–H groups in total. The fraction of sp³-hybridized carbons (Fsp3) is 0.571. The zero-order valence-electron chi connectivity index (χ0n) is 18.0. The van der Waals surface area contributed by atoms with Crippen molar-refractivity contribution in [3.05, 3.63) is 59.7 Å². The first kappa shape index (κ1) is 18.2. The third-order valence-corrected chi connectivity index (χ3v) is 9.46. The summed E-state index contributed by atoms with van der Waals surface area (Å²) in [7, 11) is 0. The molecular formula is C28H35N. The zero-order chi connectivity index (χ0) is 19.5. The van der Waals surface area contributed by atoms with Crippen LogP contribution < -0.4 is 5.32 Å². The lowest BCUT2D eigenvalue weighted by Crippen LogP contribution is -2.51. The summed E-state index contributed by atoms with van der Waals surface area (Å²) in [5, 5.41) is 3.92. The van der Waals surface area contributed by atoms with Crippen LogP contribution in [0, 0.1) is 35.5 Å². The highest BCUT2D eigenvalue weighted by atomic mass is 14.9. The number of hydrogen-bond donors (Lipinski definition) is 1. The first-order chi connectivity index (χ1) is 14.2. The van der Waals surface area contributed by atoms with Gasteiger partial charge in [0.25, 0.3) is 0 Å². The van der Waals surface area contributed by atoms with E-state index in [1.54, 1.807) is 11.1 Å². The van der Waals surface area contributed by atoms with Crippen molar-refractivity contribution in [2.45, 2.75) is 57.9 Å². The smallest absolute Gasteiger partial charge is 0.0104 e. The van der Waals surface area contributed by atoms with Crippen molar-refractivity contribution in [3.8, 4) is 11.1 Å². The number of piperidine rings is 1. The predicted molar refractivity (Wildman–Crippen MR) is 121 cm³/mol. The molecule has 3 aliphatic carbocycles. The number of benzene rings is 2. The molecule has 1 aliphatic heterocycles. The maximum Gasteiger partial charge on any atom is 0.0104 e. The van der Waals surface area contributed by atoms with Crippen LogP contribution >= 0.6 is 0 Å². The van der Waals surface area contributed by atoms with Gasteiger partial charge in [0, 0.05) is 12.0 Å². The van der Waals surface area contributed by atoms with Gasteiger partial charge < -0.3 is 5.32 Å². The SMILES string of the molecule is CC1CC2C(C)C3CCCNC3CC2C1CC1c2ccccc2-c2ccccc21. The largest absolute Gasteiger partial charge is 0.314 e. The Balaban J connectivity index is 1.32. The summed E-state index contributed by atoms with van der Waals surface area (Å²) in [6, 6.07) is 19.2. The normalized spacial score (nSPS) is 38.2. The van der Waals surface area contributed by atoms with Gasteiger partial charge in [-0.2, -0.15) is 0 Å². The molecule has 7 unspecified atom stereocenters. The van der Waals surface area contributed by atoms with Crippen LogP contribution in [0.5, 0.6) is 0 Å². The van der Waals surface area contributed by atoms with Crippen molar-refractivity contribution in [2.75, 3.05) is 6.54 Å². The Morgan fingerprint density at radius 3 is 2.24 bits per heavy atom. The van der Waals surface area contributed by atoms with E-state index in [2.05, 4.69) is 67.7 Å². The fourth-order valence-electron chi connectivity index (χ4n) is 8.14. The molecular weight excluding hydrogens is 350 g/mol. The van der Waals surface area contributed by atoms with Gasteiger partial charge >= 0.3 is 0 Å². The summed E-state index contributed by atoms with van der Waals surface area (Å²) >= 11 is 0. The minimum absolute atomic E-state index is 0.598. The molecule has 1 heterocycles. The molecule has 0 aromatic heterocycles. The Bertz CT molecular complexity index is 855. The lowest BCUT2D eigenvalue weighted by atomic mass is 9.62. The Morgan fingerprint density at radius 2 is 1.52 bits per heavy atom. The van der Waals surface area contributed by atoms with Gasteiger partial charge in [0.05, 0.1) is 0 Å². The molecule has 6 rings (SSSR count). The van der Waals surface area contributed by atoms with E-state index in [0.717, 1.165) is 41.5 Å². The van der Waals surface area contributed by atoms with Gasteiger partial charge in [-0.1, -0.05) is 62.4 Å². The van der Waals surface area contributed by atoms with E-state index in [0.29, 0.717) is 5.92 Å². The van der Waals surface area contributed by atoms with Gasteiger partial charge in [-0.3, -0.25) is 0 Å². The van der Waals surface area contributed by atoms with Gasteiger partial charge in [-0.05, 0) is 96.4 Å². The van der Waals surface area contributed by atoms with Crippen molar-refractivity contribution in [3.63, 3.8) is 0 Å². The van der Waals surface area contributed by atoms with Gasteiger partial charge in [0.2, 0.25) is 0 Å². The zero-order valence-corrected chi connectivity index (χ0v) is 18.0. The average molecular weight is 386 g/mol. The topological polar surface area (TPSA) is 12.0 Å². The van der Waals surface area contributed by atoms with Crippen LogP contribution in [0.4, 0.5) is 0 Å². The van der Waals surface area contributed by atoms with Crippen molar-refractivity contribution in [1.82, 2.24) is 5.32 Å². The van der Waals surface area contributed by atoms with Crippen LogP contribution in [0.1, 0.15) is 63.0 Å². The third-order valence-electron chi connectivity index (χ3n) is 9.46. The van der Waals surface area contributed by atoms with Crippen molar-refractivity contribution >= 4 is 0 Å². The van der Waals surface area contributed by atoms with E-state index in [-0.39, 0.29) is 0 Å². The maximum absolute atomic E-state index is 3.92. The molecule has 1 saturated heterocycles. The highest BCUT2D eigenvalue weighted by Crippen LogP contribution is 2.58. The van der Waals surface area contributed by atoms with E-state index < -0.39 is 0 Å². The predicted octanol–water partition coefficient (Wildman–Crippen LogP) is 6.49. The summed E-state index contributed by atoms with van der Waals surface area (Å²) < 4.78 is 0. The van der Waals surface area contributed by atoms with Crippen LogP contribution in [0.3, 0.4) is 0 Å². The first-order valence-electron chi connectivity index (χ1n) is 12.1. The van der Waals surface area contributed by atoms with Crippen molar-refractivity contribution in [2.24, 2.45) is 35.5 Å². The second-order valence-corrected chi connectivity index (χ2v) is 10.6. The Morgan fingerprint density at radius 1 is 0.828 bits per heavy atom. The maximum atomic E-state index is 3.92. The van der Waals surface area contributed by atoms with E-state index in [4.69, 9.17) is 0 Å². The van der Waals surface area contributed by atoms with E-state index in [1.807, 2.05) is 0 Å². The molecule has 0 radical (unpaired) electrons. The number of nitrogens with one attached hydrogen (secondary N) is 1. The van der Waals surface area contributed by atoms with Crippen molar-refractivity contribution < 1.29 is 0 Å². The number of hydrogen-bond acceptors (Lipinski definition) is 1. The van der Waals surface area contributed by atoms with Gasteiger partial charge in [0.15, 0.2) is 0 Å². The molecule has 2 saturated carbocycles. The summed E-state index contributed by atoms with van der Waals surface area (Å²) in [4.78, 5) is 0. The second kappa shape index (κ2) is 6.98. The first-order valence-corrected chi connectivity index (χ1v) is 12.1. The molecule has 29 heavy (non-hydrogen) atoms. The minimum Gasteiger partial charge on any atom is -0.314 e. The molecule has 0 amide bonds. The molecule has 4 aliphatic rings. The highest BCUT2D eigenvalue weighted by Gasteiger charge is 2.51. The van der Waals surface area contributed by atoms with E-state index in [1.165, 1.54) is 49.8 Å². The average Bonchev–Trinajstić information content (AvgIpc) is 3.24. The molecule has 0 spiro atoms. The number of rotatable bonds is 2. The fourth-order valence-corrected chi connectivity index (χ4v) is 8.14. The molecule has 7 atom stereocenters. The molecule has 2 aromatic carbocycles. The Kier molecular flexibility index (Phi) is 4.38. The monoisotopic (exact) mass is 385 g/mol. The summed E-state index contributed by atoms with van der Waals surface area (Å²) in [5.41, 5.74) is 6.14. The summed E-state index contributed by atoms with van der Waals surface area (Å²) in [5.74, 6) is 6.06. The van der Waals surface area contributed by atoms with Crippen LogP contribution in [0.25, 0.3) is 11.1 Å². The molecule has 3 fully saturated rings. The minimum atomic E-state index is 0.598.